The molecule has 0 bridgehead atoms. The molecule has 0 aromatic rings. The van der Waals surface area contributed by atoms with Crippen molar-refractivity contribution >= 4 is 23.9 Å². The van der Waals surface area contributed by atoms with E-state index in [9.17, 15) is 39.6 Å². The number of carboxylic acid groups (broad SMARTS) is 4. The standard InChI is InChI=1S/4C3H6O2.U/c4*1-2-3(4)5;/h4*2H2,1H3,(H,4,5);/q;;;;+4/p-4. The van der Waals surface area contributed by atoms with Gasteiger partial charge >= 0.3 is 31.1 Å². The molecule has 0 radical (unpaired) electrons. The van der Waals surface area contributed by atoms with Gasteiger partial charge in [-0.25, -0.2) is 0 Å². The Labute approximate surface area is 147 Å². The van der Waals surface area contributed by atoms with Gasteiger partial charge in [0.2, 0.25) is 0 Å². The summed E-state index contributed by atoms with van der Waals surface area (Å²) in [5.74, 6) is -3.98. The van der Waals surface area contributed by atoms with E-state index in [4.69, 9.17) is 0 Å². The van der Waals surface area contributed by atoms with E-state index < -0.39 is 23.9 Å². The molecule has 0 aliphatic carbocycles. The van der Waals surface area contributed by atoms with Crippen molar-refractivity contribution in [3.05, 3.63) is 0 Å². The van der Waals surface area contributed by atoms with Crippen molar-refractivity contribution in [3.63, 3.8) is 0 Å². The van der Waals surface area contributed by atoms with Crippen molar-refractivity contribution in [2.24, 2.45) is 0 Å². The molecule has 0 unspecified atom stereocenters. The van der Waals surface area contributed by atoms with Crippen molar-refractivity contribution in [2.75, 3.05) is 0 Å². The Bertz CT molecular complexity index is 222. The van der Waals surface area contributed by atoms with Gasteiger partial charge in [0.05, 0.1) is 0 Å². The van der Waals surface area contributed by atoms with Crippen molar-refractivity contribution in [2.45, 2.75) is 53.4 Å². The van der Waals surface area contributed by atoms with E-state index in [1.165, 1.54) is 27.7 Å². The first-order chi connectivity index (χ1) is 9.08. The molecular weight excluding hydrogens is 510 g/mol. The van der Waals surface area contributed by atoms with Crippen LogP contribution in [-0.2, 0) is 19.2 Å². The molecule has 0 heterocycles. The quantitative estimate of drug-likeness (QED) is 0.363. The van der Waals surface area contributed by atoms with Crippen LogP contribution in [0.2, 0.25) is 0 Å². The summed E-state index contributed by atoms with van der Waals surface area (Å²) in [6.07, 6.45) is 0.444. The summed E-state index contributed by atoms with van der Waals surface area (Å²) in [6, 6.07) is 0. The molecule has 0 aliphatic heterocycles. The topological polar surface area (TPSA) is 161 Å². The maximum atomic E-state index is 9.26. The Kier molecular flexibility index (Phi) is 41.7. The van der Waals surface area contributed by atoms with Crippen LogP contribution in [0.4, 0.5) is 0 Å². The van der Waals surface area contributed by atoms with Gasteiger partial charge in [-0.3, -0.25) is 0 Å². The summed E-state index contributed by atoms with van der Waals surface area (Å²) in [5.41, 5.74) is 0. The minimum absolute atomic E-state index is 0. The van der Waals surface area contributed by atoms with Crippen LogP contribution in [0.3, 0.4) is 0 Å². The second kappa shape index (κ2) is 27.3. The van der Waals surface area contributed by atoms with E-state index in [2.05, 4.69) is 0 Å². The second-order valence-corrected chi connectivity index (χ2v) is 2.90. The average Bonchev–Trinajstić information content (AvgIpc) is 2.40. The Morgan fingerprint density at radius 3 is 0.571 bits per heavy atom. The van der Waals surface area contributed by atoms with E-state index in [1.807, 2.05) is 0 Å². The van der Waals surface area contributed by atoms with Gasteiger partial charge in [0.15, 0.2) is 0 Å². The first-order valence-corrected chi connectivity index (χ1v) is 5.88. The van der Waals surface area contributed by atoms with Crippen molar-refractivity contribution in [3.8, 4) is 0 Å². The van der Waals surface area contributed by atoms with Gasteiger partial charge in [0.1, 0.15) is 0 Å². The van der Waals surface area contributed by atoms with E-state index in [0.29, 0.717) is 0 Å². The van der Waals surface area contributed by atoms with Crippen molar-refractivity contribution in [1.29, 1.82) is 0 Å². The number of carbonyl (C=O) groups is 4. The number of hydrogen-bond acceptors (Lipinski definition) is 8. The molecule has 8 nitrogen and oxygen atoms in total. The van der Waals surface area contributed by atoms with Crippen LogP contribution in [0, 0.1) is 31.1 Å². The average molecular weight is 530 g/mol. The van der Waals surface area contributed by atoms with Gasteiger partial charge in [-0.2, -0.15) is 0 Å². The number of aliphatic carboxylic acids is 4. The maximum Gasteiger partial charge on any atom is 4.00 e. The summed E-state index contributed by atoms with van der Waals surface area (Å²) in [7, 11) is 0. The molecule has 0 saturated carbocycles. The molecule has 21 heavy (non-hydrogen) atoms. The van der Waals surface area contributed by atoms with Crippen LogP contribution in [0.15, 0.2) is 0 Å². The molecule has 120 valence electrons. The fourth-order valence-electron chi connectivity index (χ4n) is 0. The third-order valence-electron chi connectivity index (χ3n) is 1.15. The minimum atomic E-state index is -0.995. The molecule has 0 rings (SSSR count). The Balaban J connectivity index is -0.0000000533. The summed E-state index contributed by atoms with van der Waals surface area (Å²) in [5, 5.41) is 37.0. The summed E-state index contributed by atoms with van der Waals surface area (Å²) in [4.78, 5) is 37.0. The first kappa shape index (κ1) is 32.0. The number of carboxylic acids is 4. The van der Waals surface area contributed by atoms with E-state index in [0.717, 1.165) is 0 Å². The zero-order valence-electron chi connectivity index (χ0n) is 12.6. The maximum absolute atomic E-state index is 9.26. The van der Waals surface area contributed by atoms with Gasteiger partial charge < -0.3 is 39.6 Å². The van der Waals surface area contributed by atoms with Crippen LogP contribution in [0.25, 0.3) is 0 Å². The molecule has 0 saturated heterocycles. The largest absolute Gasteiger partial charge is 4.00 e. The number of hydrogen-bond donors (Lipinski definition) is 0. The smallest absolute Gasteiger partial charge is 0.550 e. The summed E-state index contributed by atoms with van der Waals surface area (Å²) < 4.78 is 0. The van der Waals surface area contributed by atoms with Gasteiger partial charge in [-0.05, 0) is 25.7 Å². The zero-order valence-corrected chi connectivity index (χ0v) is 16.8. The SMILES string of the molecule is CCC(=O)[O-].CCC(=O)[O-].CCC(=O)[O-].CCC(=O)[O-].[U+4]. The molecule has 0 spiro atoms. The summed E-state index contributed by atoms with van der Waals surface area (Å²) in [6.45, 7) is 6.15. The second-order valence-electron chi connectivity index (χ2n) is 2.90. The molecule has 0 atom stereocenters. The monoisotopic (exact) mass is 530 g/mol. The molecule has 0 amide bonds. The molecule has 0 aromatic carbocycles. The van der Waals surface area contributed by atoms with E-state index in [1.54, 1.807) is 0 Å². The van der Waals surface area contributed by atoms with Crippen molar-refractivity contribution in [1.82, 2.24) is 0 Å². The van der Waals surface area contributed by atoms with E-state index >= 15 is 0 Å². The number of carbonyl (C=O) groups excluding carboxylic acids is 4. The molecule has 9 heteroatoms. The fourth-order valence-corrected chi connectivity index (χ4v) is 0. The zero-order chi connectivity index (χ0) is 17.1. The minimum Gasteiger partial charge on any atom is -0.550 e. The fraction of sp³-hybridized carbons (Fsp3) is 0.667. The molecule has 0 aromatic heterocycles. The third-order valence-corrected chi connectivity index (χ3v) is 1.15. The van der Waals surface area contributed by atoms with Gasteiger partial charge in [-0.15, -0.1) is 0 Å². The van der Waals surface area contributed by atoms with Crippen LogP contribution in [-0.4, -0.2) is 23.9 Å². The van der Waals surface area contributed by atoms with Crippen molar-refractivity contribution < 1.29 is 70.7 Å². The third kappa shape index (κ3) is 113. The van der Waals surface area contributed by atoms with Gasteiger partial charge in [-0.1, -0.05) is 27.7 Å². The Morgan fingerprint density at radius 2 is 0.571 bits per heavy atom. The Hall–Kier alpha value is -1.07. The molecular formula is C12H20O8U. The predicted molar refractivity (Wildman–Crippen MR) is 61.2 cm³/mol. The number of rotatable bonds is 4. The summed E-state index contributed by atoms with van der Waals surface area (Å²) >= 11 is 0. The predicted octanol–water partition coefficient (Wildman–Crippen LogP) is -3.41. The van der Waals surface area contributed by atoms with E-state index in [-0.39, 0.29) is 56.8 Å². The first-order valence-electron chi connectivity index (χ1n) is 5.88. The van der Waals surface area contributed by atoms with Gasteiger partial charge in [0, 0.05) is 23.9 Å². The van der Waals surface area contributed by atoms with Crippen LogP contribution >= 0.6 is 0 Å². The molecule has 0 N–H and O–H groups in total. The van der Waals surface area contributed by atoms with Crippen LogP contribution in [0.1, 0.15) is 53.4 Å². The Morgan fingerprint density at radius 1 is 0.524 bits per heavy atom. The molecule has 0 fully saturated rings. The van der Waals surface area contributed by atoms with Crippen LogP contribution < -0.4 is 20.4 Å². The molecule has 0 aliphatic rings. The van der Waals surface area contributed by atoms with Gasteiger partial charge in [0.25, 0.3) is 0 Å². The van der Waals surface area contributed by atoms with Crippen LogP contribution in [0.5, 0.6) is 0 Å². The normalized spacial score (nSPS) is 7.05.